The molecule has 0 bridgehead atoms. The third-order valence-corrected chi connectivity index (χ3v) is 8.06. The van der Waals surface area contributed by atoms with Gasteiger partial charge in [-0.1, -0.05) is 41.9 Å². The molecule has 9 nitrogen and oxygen atoms in total. The SMILES string of the molecule is CO[C@H](c1ncc(Cl)cn1)[C@H](C)S(=O)(=O)Cc1nnc(-c2ccccc2)n1C1CCOCC1. The molecule has 1 saturated heterocycles. The average Bonchev–Trinajstić information content (AvgIpc) is 3.24. The van der Waals surface area contributed by atoms with Crippen LogP contribution in [0.25, 0.3) is 11.4 Å². The Morgan fingerprint density at radius 3 is 2.45 bits per heavy atom. The Morgan fingerprint density at radius 2 is 1.82 bits per heavy atom. The smallest absolute Gasteiger partial charge is 0.164 e. The summed E-state index contributed by atoms with van der Waals surface area (Å²) in [4.78, 5) is 8.29. The summed E-state index contributed by atoms with van der Waals surface area (Å²) in [6, 6.07) is 9.72. The fourth-order valence-corrected chi connectivity index (χ4v) is 5.54. The normalized spacial score (nSPS) is 17.1. The highest BCUT2D eigenvalue weighted by Gasteiger charge is 2.35. The van der Waals surface area contributed by atoms with Crippen molar-refractivity contribution >= 4 is 21.4 Å². The van der Waals surface area contributed by atoms with Gasteiger partial charge in [0.2, 0.25) is 0 Å². The van der Waals surface area contributed by atoms with E-state index in [1.54, 1.807) is 6.92 Å². The molecule has 33 heavy (non-hydrogen) atoms. The lowest BCUT2D eigenvalue weighted by atomic mass is 10.1. The summed E-state index contributed by atoms with van der Waals surface area (Å²) in [5, 5.41) is 8.13. The van der Waals surface area contributed by atoms with Crippen molar-refractivity contribution in [1.29, 1.82) is 0 Å². The molecule has 0 N–H and O–H groups in total. The van der Waals surface area contributed by atoms with E-state index in [1.165, 1.54) is 19.5 Å². The number of hydrogen-bond acceptors (Lipinski definition) is 8. The van der Waals surface area contributed by atoms with Gasteiger partial charge in [-0.3, -0.25) is 0 Å². The Kier molecular flexibility index (Phi) is 7.38. The minimum Gasteiger partial charge on any atom is -0.381 e. The van der Waals surface area contributed by atoms with Crippen molar-refractivity contribution in [3.63, 3.8) is 0 Å². The number of rotatable bonds is 8. The Hall–Kier alpha value is -2.40. The molecular formula is C22H26ClN5O4S. The molecule has 0 amide bonds. The van der Waals surface area contributed by atoms with Crippen LogP contribution >= 0.6 is 11.6 Å². The molecule has 1 fully saturated rings. The van der Waals surface area contributed by atoms with Gasteiger partial charge in [-0.25, -0.2) is 18.4 Å². The number of aromatic nitrogens is 5. The minimum absolute atomic E-state index is 0.0577. The first-order valence-electron chi connectivity index (χ1n) is 10.7. The average molecular weight is 492 g/mol. The van der Waals surface area contributed by atoms with Crippen LogP contribution in [-0.2, 0) is 25.1 Å². The Bertz CT molecular complexity index is 1170. The molecule has 1 aliphatic heterocycles. The van der Waals surface area contributed by atoms with Gasteiger partial charge in [-0.15, -0.1) is 10.2 Å². The minimum atomic E-state index is -3.71. The van der Waals surface area contributed by atoms with Gasteiger partial charge in [0.25, 0.3) is 0 Å². The molecule has 0 spiro atoms. The van der Waals surface area contributed by atoms with Crippen molar-refractivity contribution in [2.45, 2.75) is 42.9 Å². The van der Waals surface area contributed by atoms with Gasteiger partial charge in [0.15, 0.2) is 21.5 Å². The van der Waals surface area contributed by atoms with Crippen LogP contribution in [0.3, 0.4) is 0 Å². The molecule has 2 aromatic heterocycles. The third-order valence-electron chi connectivity index (χ3n) is 5.83. The zero-order chi connectivity index (χ0) is 23.4. The van der Waals surface area contributed by atoms with Crippen LogP contribution in [0.4, 0.5) is 0 Å². The summed E-state index contributed by atoms with van der Waals surface area (Å²) < 4.78 is 39.9. The van der Waals surface area contributed by atoms with Crippen molar-refractivity contribution in [3.8, 4) is 11.4 Å². The van der Waals surface area contributed by atoms with Crippen LogP contribution in [0.1, 0.15) is 43.6 Å². The van der Waals surface area contributed by atoms with E-state index >= 15 is 0 Å². The summed E-state index contributed by atoms with van der Waals surface area (Å²) >= 11 is 5.87. The molecular weight excluding hydrogens is 466 g/mol. The van der Waals surface area contributed by atoms with E-state index in [2.05, 4.69) is 20.2 Å². The maximum Gasteiger partial charge on any atom is 0.164 e. The number of halogens is 1. The van der Waals surface area contributed by atoms with E-state index in [0.717, 1.165) is 18.4 Å². The molecule has 0 radical (unpaired) electrons. The highest BCUT2D eigenvalue weighted by atomic mass is 35.5. The number of methoxy groups -OCH3 is 1. The Labute approximate surface area is 198 Å². The lowest BCUT2D eigenvalue weighted by Crippen LogP contribution is -2.31. The summed E-state index contributed by atoms with van der Waals surface area (Å²) in [6.07, 6.45) is 3.52. The van der Waals surface area contributed by atoms with Crippen molar-refractivity contribution in [2.24, 2.45) is 0 Å². The van der Waals surface area contributed by atoms with Gasteiger partial charge in [0, 0.05) is 44.3 Å². The van der Waals surface area contributed by atoms with E-state index < -0.39 is 21.2 Å². The molecule has 0 unspecified atom stereocenters. The summed E-state index contributed by atoms with van der Waals surface area (Å²) in [6.45, 7) is 2.81. The predicted octanol–water partition coefficient (Wildman–Crippen LogP) is 3.43. The molecule has 1 aliphatic rings. The van der Waals surface area contributed by atoms with Crippen LogP contribution < -0.4 is 0 Å². The van der Waals surface area contributed by atoms with Crippen molar-refractivity contribution < 1.29 is 17.9 Å². The van der Waals surface area contributed by atoms with E-state index in [1.807, 2.05) is 34.9 Å². The summed E-state index contributed by atoms with van der Waals surface area (Å²) in [5.41, 5.74) is 0.887. The molecule has 3 aromatic rings. The second kappa shape index (κ2) is 10.3. The van der Waals surface area contributed by atoms with Gasteiger partial charge in [0.1, 0.15) is 17.7 Å². The summed E-state index contributed by atoms with van der Waals surface area (Å²) in [5.74, 6) is 1.04. The fourth-order valence-electron chi connectivity index (χ4n) is 4.01. The molecule has 0 saturated carbocycles. The van der Waals surface area contributed by atoms with Crippen LogP contribution in [0, 0.1) is 0 Å². The standard InChI is InChI=1S/C22H26ClN5O4S/c1-15(20(31-2)21-24-12-17(23)13-25-21)33(29,30)14-19-26-27-22(16-6-4-3-5-7-16)28(19)18-8-10-32-11-9-18/h3-7,12-13,15,18,20H,8-11,14H2,1-2H3/t15-,20-/m0/s1. The zero-order valence-corrected chi connectivity index (χ0v) is 20.0. The molecule has 4 rings (SSSR count). The van der Waals surface area contributed by atoms with Crippen LogP contribution in [0.5, 0.6) is 0 Å². The zero-order valence-electron chi connectivity index (χ0n) is 18.5. The Morgan fingerprint density at radius 1 is 1.15 bits per heavy atom. The highest BCUT2D eigenvalue weighted by molar-refractivity contribution is 7.91. The molecule has 176 valence electrons. The number of nitrogens with zero attached hydrogens (tertiary/aromatic N) is 5. The number of sulfone groups is 1. The van der Waals surface area contributed by atoms with Gasteiger partial charge >= 0.3 is 0 Å². The lowest BCUT2D eigenvalue weighted by Gasteiger charge is -2.27. The van der Waals surface area contributed by atoms with Crippen LogP contribution in [0.15, 0.2) is 42.7 Å². The van der Waals surface area contributed by atoms with Gasteiger partial charge in [-0.2, -0.15) is 0 Å². The fraction of sp³-hybridized carbons (Fsp3) is 0.455. The molecule has 3 heterocycles. The molecule has 2 atom stereocenters. The van der Waals surface area contributed by atoms with E-state index in [0.29, 0.717) is 29.9 Å². The van der Waals surface area contributed by atoms with Crippen molar-refractivity contribution in [1.82, 2.24) is 24.7 Å². The van der Waals surface area contributed by atoms with Crippen molar-refractivity contribution in [3.05, 3.63) is 59.4 Å². The monoisotopic (exact) mass is 491 g/mol. The first-order chi connectivity index (χ1) is 15.9. The number of benzene rings is 1. The second-order valence-corrected chi connectivity index (χ2v) is 10.7. The topological polar surface area (TPSA) is 109 Å². The first kappa shape index (κ1) is 23.7. The molecule has 1 aromatic carbocycles. The number of ether oxygens (including phenoxy) is 2. The van der Waals surface area contributed by atoms with Crippen LogP contribution in [0.2, 0.25) is 5.02 Å². The van der Waals surface area contributed by atoms with E-state index in [-0.39, 0.29) is 17.6 Å². The lowest BCUT2D eigenvalue weighted by molar-refractivity contribution is 0.0693. The second-order valence-electron chi connectivity index (χ2n) is 7.95. The molecule has 0 aliphatic carbocycles. The number of hydrogen-bond donors (Lipinski definition) is 0. The quantitative estimate of drug-likeness (QED) is 0.471. The van der Waals surface area contributed by atoms with Crippen molar-refractivity contribution in [2.75, 3.05) is 20.3 Å². The first-order valence-corrected chi connectivity index (χ1v) is 12.8. The van der Waals surface area contributed by atoms with E-state index in [9.17, 15) is 8.42 Å². The summed E-state index contributed by atoms with van der Waals surface area (Å²) in [7, 11) is -2.27. The predicted molar refractivity (Wildman–Crippen MR) is 123 cm³/mol. The van der Waals surface area contributed by atoms with Gasteiger partial charge in [-0.05, 0) is 19.8 Å². The van der Waals surface area contributed by atoms with Crippen LogP contribution in [-0.4, -0.2) is 58.7 Å². The maximum atomic E-state index is 13.5. The molecule has 11 heteroatoms. The maximum absolute atomic E-state index is 13.5. The van der Waals surface area contributed by atoms with Gasteiger partial charge < -0.3 is 14.0 Å². The largest absolute Gasteiger partial charge is 0.381 e. The van der Waals surface area contributed by atoms with E-state index in [4.69, 9.17) is 21.1 Å². The Balaban J connectivity index is 1.67. The third kappa shape index (κ3) is 5.24. The van der Waals surface area contributed by atoms with Gasteiger partial charge in [0.05, 0.1) is 10.3 Å². The highest BCUT2D eigenvalue weighted by Crippen LogP contribution is 2.31.